The lowest BCUT2D eigenvalue weighted by Crippen LogP contribution is -2.49. The standard InChI is InChI=1S/C10H19F3N2O/c1-9-7-15(5-3-14-9)4-2-6-16-8-10(11,12)13/h9,14H,2-8H2,1H3/t9-/m0/s1. The van der Waals surface area contributed by atoms with Crippen LogP contribution in [0.15, 0.2) is 0 Å². The molecule has 0 unspecified atom stereocenters. The van der Waals surface area contributed by atoms with Gasteiger partial charge in [0.15, 0.2) is 0 Å². The number of nitrogens with one attached hydrogen (secondary N) is 1. The number of halogens is 3. The Morgan fingerprint density at radius 1 is 1.44 bits per heavy atom. The summed E-state index contributed by atoms with van der Waals surface area (Å²) < 4.78 is 39.8. The fourth-order valence-corrected chi connectivity index (χ4v) is 1.79. The van der Waals surface area contributed by atoms with E-state index in [0.29, 0.717) is 12.5 Å². The van der Waals surface area contributed by atoms with E-state index in [2.05, 4.69) is 21.9 Å². The van der Waals surface area contributed by atoms with E-state index in [9.17, 15) is 13.2 Å². The van der Waals surface area contributed by atoms with Crippen LogP contribution in [0.5, 0.6) is 0 Å². The Hall–Kier alpha value is -0.330. The van der Waals surface area contributed by atoms with Crippen LogP contribution in [0.25, 0.3) is 0 Å². The van der Waals surface area contributed by atoms with E-state index in [1.54, 1.807) is 0 Å². The highest BCUT2D eigenvalue weighted by Crippen LogP contribution is 2.14. The van der Waals surface area contributed by atoms with Crippen molar-refractivity contribution in [2.24, 2.45) is 0 Å². The Balaban J connectivity index is 1.98. The van der Waals surface area contributed by atoms with Crippen molar-refractivity contribution in [3.63, 3.8) is 0 Å². The maximum atomic E-state index is 11.7. The molecular formula is C10H19F3N2O. The van der Waals surface area contributed by atoms with Gasteiger partial charge in [0.25, 0.3) is 0 Å². The summed E-state index contributed by atoms with van der Waals surface area (Å²) in [6.07, 6.45) is -3.55. The summed E-state index contributed by atoms with van der Waals surface area (Å²) in [5, 5.41) is 3.31. The number of nitrogens with zero attached hydrogens (tertiary/aromatic N) is 1. The first kappa shape index (κ1) is 13.7. The molecule has 6 heteroatoms. The van der Waals surface area contributed by atoms with Crippen LogP contribution in [0.4, 0.5) is 13.2 Å². The number of ether oxygens (including phenoxy) is 1. The van der Waals surface area contributed by atoms with Crippen molar-refractivity contribution in [3.8, 4) is 0 Å². The summed E-state index contributed by atoms with van der Waals surface area (Å²) in [6, 6.07) is 0.463. The number of alkyl halides is 3. The lowest BCUT2D eigenvalue weighted by Gasteiger charge is -2.31. The van der Waals surface area contributed by atoms with Gasteiger partial charge in [0.2, 0.25) is 0 Å². The highest BCUT2D eigenvalue weighted by Gasteiger charge is 2.27. The van der Waals surface area contributed by atoms with Gasteiger partial charge in [0, 0.05) is 38.8 Å². The molecule has 0 aromatic heterocycles. The third kappa shape index (κ3) is 6.30. The van der Waals surface area contributed by atoms with E-state index in [0.717, 1.165) is 26.2 Å². The van der Waals surface area contributed by atoms with Crippen molar-refractivity contribution in [2.45, 2.75) is 25.6 Å². The van der Waals surface area contributed by atoms with E-state index < -0.39 is 12.8 Å². The summed E-state index contributed by atoms with van der Waals surface area (Å²) in [6.45, 7) is 4.83. The quantitative estimate of drug-likeness (QED) is 0.732. The molecule has 0 saturated carbocycles. The second-order valence-corrected chi connectivity index (χ2v) is 4.18. The zero-order chi connectivity index (χ0) is 12.0. The predicted molar refractivity (Wildman–Crippen MR) is 55.4 cm³/mol. The minimum Gasteiger partial charge on any atom is -0.372 e. The zero-order valence-electron chi connectivity index (χ0n) is 9.52. The molecule has 1 heterocycles. The molecule has 0 aliphatic carbocycles. The summed E-state index contributed by atoms with van der Waals surface area (Å²) in [5.41, 5.74) is 0. The van der Waals surface area contributed by atoms with Gasteiger partial charge < -0.3 is 15.0 Å². The van der Waals surface area contributed by atoms with Crippen molar-refractivity contribution in [3.05, 3.63) is 0 Å². The number of piperazine rings is 1. The topological polar surface area (TPSA) is 24.5 Å². The Morgan fingerprint density at radius 2 is 2.19 bits per heavy atom. The first-order valence-electron chi connectivity index (χ1n) is 5.57. The Bertz CT molecular complexity index is 199. The second kappa shape index (κ2) is 6.42. The molecular weight excluding hydrogens is 221 g/mol. The normalized spacial score (nSPS) is 23.6. The zero-order valence-corrected chi connectivity index (χ0v) is 9.52. The van der Waals surface area contributed by atoms with Crippen LogP contribution in [0.3, 0.4) is 0 Å². The van der Waals surface area contributed by atoms with Gasteiger partial charge in [0.05, 0.1) is 0 Å². The lowest BCUT2D eigenvalue weighted by molar-refractivity contribution is -0.174. The molecule has 1 N–H and O–H groups in total. The monoisotopic (exact) mass is 240 g/mol. The largest absolute Gasteiger partial charge is 0.411 e. The van der Waals surface area contributed by atoms with Crippen molar-refractivity contribution < 1.29 is 17.9 Å². The van der Waals surface area contributed by atoms with Crippen molar-refractivity contribution >= 4 is 0 Å². The van der Waals surface area contributed by atoms with Gasteiger partial charge in [-0.05, 0) is 13.3 Å². The first-order valence-corrected chi connectivity index (χ1v) is 5.57. The van der Waals surface area contributed by atoms with Crippen molar-refractivity contribution in [1.82, 2.24) is 10.2 Å². The molecule has 1 rings (SSSR count). The summed E-state index contributed by atoms with van der Waals surface area (Å²) in [5.74, 6) is 0. The molecule has 0 bridgehead atoms. The maximum absolute atomic E-state index is 11.7. The molecule has 16 heavy (non-hydrogen) atoms. The third-order valence-corrected chi connectivity index (χ3v) is 2.48. The van der Waals surface area contributed by atoms with Crippen LogP contribution in [-0.2, 0) is 4.74 Å². The van der Waals surface area contributed by atoms with Crippen LogP contribution in [0.1, 0.15) is 13.3 Å². The van der Waals surface area contributed by atoms with E-state index in [-0.39, 0.29) is 6.61 Å². The van der Waals surface area contributed by atoms with Gasteiger partial charge in [0.1, 0.15) is 6.61 Å². The summed E-state index contributed by atoms with van der Waals surface area (Å²) >= 11 is 0. The molecule has 0 radical (unpaired) electrons. The molecule has 0 aromatic rings. The molecule has 0 aromatic carbocycles. The molecule has 1 saturated heterocycles. The van der Waals surface area contributed by atoms with Crippen molar-refractivity contribution in [2.75, 3.05) is 39.4 Å². The highest BCUT2D eigenvalue weighted by atomic mass is 19.4. The van der Waals surface area contributed by atoms with Crippen LogP contribution < -0.4 is 5.32 Å². The first-order chi connectivity index (χ1) is 7.47. The summed E-state index contributed by atoms with van der Waals surface area (Å²) in [7, 11) is 0. The Kier molecular flexibility index (Phi) is 5.51. The van der Waals surface area contributed by atoms with Crippen LogP contribution in [0, 0.1) is 0 Å². The fraction of sp³-hybridized carbons (Fsp3) is 1.00. The number of hydrogen-bond donors (Lipinski definition) is 1. The molecule has 1 aliphatic heterocycles. The van der Waals surface area contributed by atoms with Crippen LogP contribution in [-0.4, -0.2) is 56.5 Å². The lowest BCUT2D eigenvalue weighted by atomic mass is 10.2. The smallest absolute Gasteiger partial charge is 0.372 e. The highest BCUT2D eigenvalue weighted by molar-refractivity contribution is 4.74. The summed E-state index contributed by atoms with van der Waals surface area (Å²) in [4.78, 5) is 2.25. The van der Waals surface area contributed by atoms with Crippen molar-refractivity contribution in [1.29, 1.82) is 0 Å². The van der Waals surface area contributed by atoms with Crippen LogP contribution in [0.2, 0.25) is 0 Å². The fourth-order valence-electron chi connectivity index (χ4n) is 1.79. The maximum Gasteiger partial charge on any atom is 0.411 e. The van der Waals surface area contributed by atoms with Crippen LogP contribution >= 0.6 is 0 Å². The third-order valence-electron chi connectivity index (χ3n) is 2.48. The van der Waals surface area contributed by atoms with E-state index in [4.69, 9.17) is 0 Å². The molecule has 96 valence electrons. The van der Waals surface area contributed by atoms with E-state index >= 15 is 0 Å². The molecule has 0 spiro atoms. The van der Waals surface area contributed by atoms with E-state index in [1.165, 1.54) is 0 Å². The Labute approximate surface area is 93.9 Å². The number of rotatable bonds is 5. The second-order valence-electron chi connectivity index (χ2n) is 4.18. The minimum atomic E-state index is -4.20. The van der Waals surface area contributed by atoms with Gasteiger partial charge in [-0.3, -0.25) is 0 Å². The van der Waals surface area contributed by atoms with Gasteiger partial charge >= 0.3 is 6.18 Å². The molecule has 1 atom stereocenters. The minimum absolute atomic E-state index is 0.178. The molecule has 1 fully saturated rings. The van der Waals surface area contributed by atoms with Gasteiger partial charge in [-0.25, -0.2) is 0 Å². The van der Waals surface area contributed by atoms with Gasteiger partial charge in [-0.15, -0.1) is 0 Å². The average molecular weight is 240 g/mol. The average Bonchev–Trinajstić information content (AvgIpc) is 2.15. The van der Waals surface area contributed by atoms with Gasteiger partial charge in [-0.2, -0.15) is 13.2 Å². The predicted octanol–water partition coefficient (Wildman–Crippen LogP) is 1.25. The van der Waals surface area contributed by atoms with E-state index in [1.807, 2.05) is 0 Å². The molecule has 1 aliphatic rings. The van der Waals surface area contributed by atoms with Gasteiger partial charge in [-0.1, -0.05) is 0 Å². The number of hydrogen-bond acceptors (Lipinski definition) is 3. The molecule has 3 nitrogen and oxygen atoms in total. The Morgan fingerprint density at radius 3 is 2.81 bits per heavy atom. The molecule has 0 amide bonds. The SMILES string of the molecule is C[C@H]1CN(CCCOCC(F)(F)F)CCN1.